The molecule has 0 amide bonds. The number of methoxy groups -OCH3 is 1. The van der Waals surface area contributed by atoms with Crippen LogP contribution in [0.4, 0.5) is 0 Å². The molecule has 0 aromatic rings. The number of hydrogen-bond acceptors (Lipinski definition) is 14. The van der Waals surface area contributed by atoms with Gasteiger partial charge in [0.15, 0.2) is 0 Å². The standard InChI is InChI=1S/C35H69NO13/c1-3-36-9-6-34(7-10-36)4-5-35(37)8-11-39-14-15-41-18-19-43-22-23-45-26-27-47-30-31-49-33-32-48-29-28-46-25-24-44-21-20-42-17-16-40-13-12-38-2/h34H,3-33H2,1-2H3. The van der Waals surface area contributed by atoms with E-state index in [1.165, 1.54) is 25.9 Å². The Labute approximate surface area is 295 Å². The van der Waals surface area contributed by atoms with E-state index in [0.29, 0.717) is 177 Å². The van der Waals surface area contributed by atoms with Crippen LogP contribution in [-0.2, 0) is 61.6 Å². The molecule has 292 valence electrons. The van der Waals surface area contributed by atoms with Crippen LogP contribution >= 0.6 is 0 Å². The number of nitrogens with zero attached hydrogens (tertiary/aromatic N) is 1. The van der Waals surface area contributed by atoms with Gasteiger partial charge < -0.3 is 61.7 Å². The van der Waals surface area contributed by atoms with Crippen LogP contribution in [0.3, 0.4) is 0 Å². The Morgan fingerprint density at radius 1 is 0.449 bits per heavy atom. The molecule has 1 aliphatic heterocycles. The average Bonchev–Trinajstić information content (AvgIpc) is 3.12. The molecule has 0 saturated carbocycles. The topological polar surface area (TPSA) is 131 Å². The van der Waals surface area contributed by atoms with Crippen molar-refractivity contribution in [1.29, 1.82) is 0 Å². The zero-order valence-electron chi connectivity index (χ0n) is 30.8. The molecule has 0 N–H and O–H groups in total. The minimum Gasteiger partial charge on any atom is -0.382 e. The highest BCUT2D eigenvalue weighted by Gasteiger charge is 2.18. The number of rotatable bonds is 40. The van der Waals surface area contributed by atoms with Gasteiger partial charge >= 0.3 is 0 Å². The third-order valence-corrected chi connectivity index (χ3v) is 7.66. The number of Topliss-reactive ketones (excluding diaryl/α,β-unsaturated/α-hetero) is 1. The lowest BCUT2D eigenvalue weighted by atomic mass is 9.91. The van der Waals surface area contributed by atoms with Gasteiger partial charge in [0.1, 0.15) is 5.78 Å². The van der Waals surface area contributed by atoms with Crippen molar-refractivity contribution in [2.45, 2.75) is 39.0 Å². The van der Waals surface area contributed by atoms with Crippen molar-refractivity contribution in [3.63, 3.8) is 0 Å². The maximum Gasteiger partial charge on any atom is 0.135 e. The molecular formula is C35H69NO13. The quantitative estimate of drug-likeness (QED) is 0.0862. The molecule has 0 aliphatic carbocycles. The van der Waals surface area contributed by atoms with Crippen LogP contribution in [-0.4, -0.2) is 189 Å². The van der Waals surface area contributed by atoms with Gasteiger partial charge in [0.05, 0.1) is 152 Å². The van der Waals surface area contributed by atoms with E-state index in [2.05, 4.69) is 11.8 Å². The number of carbonyl (C=O) groups excluding carboxylic acids is 1. The SMILES string of the molecule is CCN1CCC(CCC(=O)CCOCCOCCOCCOCCOCCOCCOCCOCCOCCOCCOCCOC)CC1. The lowest BCUT2D eigenvalue weighted by Gasteiger charge is -2.30. The number of hydrogen-bond donors (Lipinski definition) is 0. The lowest BCUT2D eigenvalue weighted by Crippen LogP contribution is -2.33. The fourth-order valence-corrected chi connectivity index (χ4v) is 4.71. The molecule has 0 spiro atoms. The summed E-state index contributed by atoms with van der Waals surface area (Å²) in [5, 5.41) is 0. The Morgan fingerprint density at radius 2 is 0.735 bits per heavy atom. The minimum absolute atomic E-state index is 0.305. The molecule has 1 aliphatic rings. The van der Waals surface area contributed by atoms with Crippen molar-refractivity contribution in [1.82, 2.24) is 4.90 Å². The molecule has 49 heavy (non-hydrogen) atoms. The second-order valence-corrected chi connectivity index (χ2v) is 11.4. The molecule has 1 fully saturated rings. The monoisotopic (exact) mass is 711 g/mol. The third-order valence-electron chi connectivity index (χ3n) is 7.66. The second-order valence-electron chi connectivity index (χ2n) is 11.4. The summed E-state index contributed by atoms with van der Waals surface area (Å²) in [5.41, 5.74) is 0. The van der Waals surface area contributed by atoms with Crippen molar-refractivity contribution >= 4 is 5.78 Å². The molecule has 0 bridgehead atoms. The Morgan fingerprint density at radius 3 is 1.02 bits per heavy atom. The summed E-state index contributed by atoms with van der Waals surface area (Å²) in [4.78, 5) is 14.6. The van der Waals surface area contributed by atoms with Crippen molar-refractivity contribution in [2.24, 2.45) is 5.92 Å². The molecule has 0 unspecified atom stereocenters. The van der Waals surface area contributed by atoms with Gasteiger partial charge in [0.25, 0.3) is 0 Å². The van der Waals surface area contributed by atoms with Crippen LogP contribution in [0.5, 0.6) is 0 Å². The summed E-state index contributed by atoms with van der Waals surface area (Å²) in [5.74, 6) is 1.01. The van der Waals surface area contributed by atoms with Gasteiger partial charge in [-0.1, -0.05) is 6.92 Å². The summed E-state index contributed by atoms with van der Waals surface area (Å²) >= 11 is 0. The first kappa shape index (κ1) is 46.2. The molecule has 0 aromatic carbocycles. The normalized spacial score (nSPS) is 14.2. The predicted molar refractivity (Wildman–Crippen MR) is 185 cm³/mol. The predicted octanol–water partition coefficient (Wildman–Crippen LogP) is 2.29. The van der Waals surface area contributed by atoms with Gasteiger partial charge in [-0.2, -0.15) is 0 Å². The van der Waals surface area contributed by atoms with Gasteiger partial charge in [-0.05, 0) is 44.8 Å². The summed E-state index contributed by atoms with van der Waals surface area (Å²) in [6.07, 6.45) is 4.64. The summed E-state index contributed by atoms with van der Waals surface area (Å²) in [6, 6.07) is 0. The first-order chi connectivity index (χ1) is 24.3. The number of ether oxygens (including phenoxy) is 12. The fourth-order valence-electron chi connectivity index (χ4n) is 4.71. The van der Waals surface area contributed by atoms with E-state index in [9.17, 15) is 4.79 Å². The highest BCUT2D eigenvalue weighted by Crippen LogP contribution is 2.22. The zero-order chi connectivity index (χ0) is 35.1. The number of likely N-dealkylation sites (tertiary alicyclic amines) is 1. The van der Waals surface area contributed by atoms with Crippen molar-refractivity contribution in [3.8, 4) is 0 Å². The van der Waals surface area contributed by atoms with Crippen LogP contribution in [0, 0.1) is 5.92 Å². The maximum atomic E-state index is 12.1. The lowest BCUT2D eigenvalue weighted by molar-refractivity contribution is -0.120. The van der Waals surface area contributed by atoms with Gasteiger partial charge in [-0.15, -0.1) is 0 Å². The largest absolute Gasteiger partial charge is 0.382 e. The van der Waals surface area contributed by atoms with E-state index in [1.54, 1.807) is 7.11 Å². The van der Waals surface area contributed by atoms with E-state index >= 15 is 0 Å². The summed E-state index contributed by atoms with van der Waals surface area (Å²) in [6.45, 7) is 17.6. The molecular weight excluding hydrogens is 642 g/mol. The highest BCUT2D eigenvalue weighted by atomic mass is 16.6. The average molecular weight is 712 g/mol. The van der Waals surface area contributed by atoms with E-state index in [0.717, 1.165) is 13.0 Å². The van der Waals surface area contributed by atoms with E-state index in [4.69, 9.17) is 56.8 Å². The molecule has 1 heterocycles. The Bertz CT molecular complexity index is 671. The van der Waals surface area contributed by atoms with Crippen LogP contribution in [0.1, 0.15) is 39.0 Å². The van der Waals surface area contributed by atoms with Crippen LogP contribution in [0.2, 0.25) is 0 Å². The van der Waals surface area contributed by atoms with Gasteiger partial charge in [-0.3, -0.25) is 4.79 Å². The molecule has 14 heteroatoms. The Hall–Kier alpha value is -0.850. The summed E-state index contributed by atoms with van der Waals surface area (Å²) in [7, 11) is 1.65. The van der Waals surface area contributed by atoms with Crippen LogP contribution in [0.15, 0.2) is 0 Å². The molecule has 14 nitrogen and oxygen atoms in total. The van der Waals surface area contributed by atoms with Crippen molar-refractivity contribution in [2.75, 3.05) is 179 Å². The van der Waals surface area contributed by atoms with E-state index in [1.807, 2.05) is 0 Å². The number of ketones is 1. The summed E-state index contributed by atoms with van der Waals surface area (Å²) < 4.78 is 65.0. The number of piperidine rings is 1. The van der Waals surface area contributed by atoms with Gasteiger partial charge in [-0.25, -0.2) is 0 Å². The van der Waals surface area contributed by atoms with E-state index < -0.39 is 0 Å². The zero-order valence-corrected chi connectivity index (χ0v) is 30.8. The minimum atomic E-state index is 0.305. The Kier molecular flexibility index (Phi) is 36.2. The van der Waals surface area contributed by atoms with Gasteiger partial charge in [0, 0.05) is 20.0 Å². The van der Waals surface area contributed by atoms with E-state index in [-0.39, 0.29) is 0 Å². The fraction of sp³-hybridized carbons (Fsp3) is 0.971. The third kappa shape index (κ3) is 34.0. The first-order valence-electron chi connectivity index (χ1n) is 18.3. The first-order valence-corrected chi connectivity index (χ1v) is 18.3. The second kappa shape index (κ2) is 38.4. The van der Waals surface area contributed by atoms with Crippen molar-refractivity contribution < 1.29 is 61.6 Å². The molecule has 0 atom stereocenters. The molecule has 0 radical (unpaired) electrons. The molecule has 1 saturated heterocycles. The molecule has 1 rings (SSSR count). The van der Waals surface area contributed by atoms with Gasteiger partial charge in [0.2, 0.25) is 0 Å². The molecule has 0 aromatic heterocycles. The van der Waals surface area contributed by atoms with Crippen LogP contribution < -0.4 is 0 Å². The number of carbonyl (C=O) groups is 1. The van der Waals surface area contributed by atoms with Crippen molar-refractivity contribution in [3.05, 3.63) is 0 Å². The smallest absolute Gasteiger partial charge is 0.135 e. The maximum absolute atomic E-state index is 12.1. The van der Waals surface area contributed by atoms with Crippen LogP contribution in [0.25, 0.3) is 0 Å². The Balaban J connectivity index is 1.64. The highest BCUT2D eigenvalue weighted by molar-refractivity contribution is 5.78.